The molecular formula is C62H42N4. The van der Waals surface area contributed by atoms with Gasteiger partial charge in [-0.15, -0.1) is 0 Å². The van der Waals surface area contributed by atoms with Crippen LogP contribution in [0.5, 0.6) is 0 Å². The van der Waals surface area contributed by atoms with E-state index >= 15 is 0 Å². The van der Waals surface area contributed by atoms with E-state index in [4.69, 9.17) is 19.9 Å². The van der Waals surface area contributed by atoms with Gasteiger partial charge in [-0.3, -0.25) is 4.98 Å². The zero-order valence-electron chi connectivity index (χ0n) is 36.1. The van der Waals surface area contributed by atoms with Crippen LogP contribution in [0.25, 0.3) is 105 Å². The molecule has 9 aromatic carbocycles. The summed E-state index contributed by atoms with van der Waals surface area (Å²) in [5.41, 5.74) is 12.9. The molecule has 310 valence electrons. The number of aromatic nitrogens is 4. The van der Waals surface area contributed by atoms with Crippen LogP contribution in [0.3, 0.4) is 0 Å². The van der Waals surface area contributed by atoms with Crippen LogP contribution in [-0.4, -0.2) is 19.9 Å². The maximum Gasteiger partial charge on any atom is 0.163 e. The van der Waals surface area contributed by atoms with Crippen LogP contribution in [0.1, 0.15) is 23.7 Å². The van der Waals surface area contributed by atoms with Gasteiger partial charge in [0.25, 0.3) is 0 Å². The molecule has 11 aromatic rings. The molecule has 66 heavy (non-hydrogen) atoms. The first-order chi connectivity index (χ1) is 32.7. The Morgan fingerprint density at radius 1 is 0.364 bits per heavy atom. The van der Waals surface area contributed by atoms with Crippen LogP contribution in [0, 0.1) is 0 Å². The summed E-state index contributed by atoms with van der Waals surface area (Å²) in [5.74, 6) is 1.98. The molecule has 0 saturated carbocycles. The van der Waals surface area contributed by atoms with Crippen LogP contribution >= 0.6 is 0 Å². The smallest absolute Gasteiger partial charge is 0.163 e. The molecule has 4 nitrogen and oxygen atoms in total. The highest BCUT2D eigenvalue weighted by atomic mass is 15.0. The fourth-order valence-corrected chi connectivity index (χ4v) is 9.36. The molecule has 0 amide bonds. The molecule has 0 aliphatic heterocycles. The zero-order valence-corrected chi connectivity index (χ0v) is 36.1. The second kappa shape index (κ2) is 16.8. The molecule has 2 heterocycles. The summed E-state index contributed by atoms with van der Waals surface area (Å²) in [6, 6.07) is 75.4. The Kier molecular flexibility index (Phi) is 9.95. The molecular weight excluding hydrogens is 801 g/mol. The first-order valence-corrected chi connectivity index (χ1v) is 22.5. The maximum atomic E-state index is 5.32. The lowest BCUT2D eigenvalue weighted by atomic mass is 9.91. The zero-order chi connectivity index (χ0) is 43.8. The summed E-state index contributed by atoms with van der Waals surface area (Å²) < 4.78 is 0. The molecule has 0 spiro atoms. The van der Waals surface area contributed by atoms with E-state index in [1.165, 1.54) is 49.4 Å². The number of hydrogen-bond donors (Lipinski definition) is 0. The van der Waals surface area contributed by atoms with Gasteiger partial charge in [-0.25, -0.2) is 15.0 Å². The number of fused-ring (bicyclic) bond motifs is 4. The summed E-state index contributed by atoms with van der Waals surface area (Å²) in [7, 11) is 0. The Morgan fingerprint density at radius 2 is 0.909 bits per heavy atom. The quantitative estimate of drug-likeness (QED) is 0.143. The van der Waals surface area contributed by atoms with Crippen molar-refractivity contribution in [2.45, 2.75) is 12.3 Å². The average Bonchev–Trinajstić information content (AvgIpc) is 3.41. The standard InChI is InChI=1S/C62H42N4/c1-3-13-41(14-4-1)43-25-31-47(32-26-43)60-64-61(48-33-27-44(28-34-48)42-15-5-2-6-16-42)66-62(65-60)54-36-52(35-53(37-54)59-39-49-17-7-8-19-51(49)40-63-59)45-23-29-46(30-24-45)58-38-50-18-9-10-20-55(50)56-21-11-12-22-57(56)58/h1-33,35-40,48H,34H2. The fraction of sp³-hybridized carbons (Fsp3) is 0.0323. The third-order valence-electron chi connectivity index (χ3n) is 12.9. The predicted octanol–water partition coefficient (Wildman–Crippen LogP) is 15.9. The number of rotatable bonds is 8. The summed E-state index contributed by atoms with van der Waals surface area (Å²) >= 11 is 0. The molecule has 1 atom stereocenters. The second-order valence-electron chi connectivity index (χ2n) is 17.0. The van der Waals surface area contributed by atoms with Crippen LogP contribution in [0.4, 0.5) is 0 Å². The van der Waals surface area contributed by atoms with Crippen molar-refractivity contribution in [2.24, 2.45) is 0 Å². The van der Waals surface area contributed by atoms with Gasteiger partial charge >= 0.3 is 0 Å². The first kappa shape index (κ1) is 39.0. The second-order valence-corrected chi connectivity index (χ2v) is 17.0. The molecule has 0 radical (unpaired) electrons. The van der Waals surface area contributed by atoms with Crippen LogP contribution in [0.15, 0.2) is 237 Å². The molecule has 0 bridgehead atoms. The van der Waals surface area contributed by atoms with E-state index in [-0.39, 0.29) is 5.92 Å². The summed E-state index contributed by atoms with van der Waals surface area (Å²) in [4.78, 5) is 20.8. The normalized spacial score (nSPS) is 13.6. The minimum absolute atomic E-state index is 0.0231. The van der Waals surface area contributed by atoms with Gasteiger partial charge in [0, 0.05) is 34.2 Å². The van der Waals surface area contributed by atoms with Gasteiger partial charge in [-0.1, -0.05) is 200 Å². The van der Waals surface area contributed by atoms with Crippen LogP contribution in [-0.2, 0) is 0 Å². The fourth-order valence-electron chi connectivity index (χ4n) is 9.36. The number of nitrogens with zero attached hydrogens (tertiary/aromatic N) is 4. The topological polar surface area (TPSA) is 51.6 Å². The van der Waals surface area contributed by atoms with Crippen molar-refractivity contribution < 1.29 is 0 Å². The molecule has 0 saturated heterocycles. The number of benzene rings is 9. The Labute approximate surface area is 384 Å². The van der Waals surface area contributed by atoms with Crippen molar-refractivity contribution in [1.29, 1.82) is 0 Å². The van der Waals surface area contributed by atoms with E-state index in [1.807, 2.05) is 12.3 Å². The summed E-state index contributed by atoms with van der Waals surface area (Å²) in [6.45, 7) is 0. The Balaban J connectivity index is 0.991. The van der Waals surface area contributed by atoms with Crippen LogP contribution in [0.2, 0.25) is 0 Å². The Morgan fingerprint density at radius 3 is 1.64 bits per heavy atom. The Bertz CT molecular complexity index is 3650. The molecule has 4 heteroatoms. The van der Waals surface area contributed by atoms with E-state index < -0.39 is 0 Å². The van der Waals surface area contributed by atoms with Crippen molar-refractivity contribution >= 4 is 37.9 Å². The van der Waals surface area contributed by atoms with Gasteiger partial charge in [0.05, 0.1) is 5.69 Å². The minimum atomic E-state index is -0.0231. The lowest BCUT2D eigenvalue weighted by molar-refractivity contribution is 0.766. The molecule has 0 N–H and O–H groups in total. The minimum Gasteiger partial charge on any atom is -0.256 e. The largest absolute Gasteiger partial charge is 0.256 e. The highest BCUT2D eigenvalue weighted by Crippen LogP contribution is 2.39. The third-order valence-corrected chi connectivity index (χ3v) is 12.9. The highest BCUT2D eigenvalue weighted by Gasteiger charge is 2.21. The van der Waals surface area contributed by atoms with Crippen molar-refractivity contribution in [3.05, 3.63) is 248 Å². The van der Waals surface area contributed by atoms with Crippen molar-refractivity contribution in [2.75, 3.05) is 0 Å². The lowest BCUT2D eigenvalue weighted by Gasteiger charge is -2.18. The van der Waals surface area contributed by atoms with E-state index in [2.05, 4.69) is 224 Å². The van der Waals surface area contributed by atoms with Gasteiger partial charge < -0.3 is 0 Å². The highest BCUT2D eigenvalue weighted by molar-refractivity contribution is 6.13. The molecule has 0 fully saturated rings. The van der Waals surface area contributed by atoms with Crippen molar-refractivity contribution in [1.82, 2.24) is 19.9 Å². The van der Waals surface area contributed by atoms with Gasteiger partial charge in [0.1, 0.15) is 5.82 Å². The van der Waals surface area contributed by atoms with E-state index in [0.717, 1.165) is 62.1 Å². The van der Waals surface area contributed by atoms with E-state index in [0.29, 0.717) is 11.6 Å². The maximum absolute atomic E-state index is 5.32. The predicted molar refractivity (Wildman–Crippen MR) is 274 cm³/mol. The monoisotopic (exact) mass is 842 g/mol. The molecule has 12 rings (SSSR count). The SMILES string of the molecule is C1=CC(c2nc(-c3ccc(-c4ccccc4)cc3)nc(-c3cc(-c4ccc(-c5cc6ccccc6c6ccccc56)cc4)cc(-c4cc5ccccc5cn4)c3)n2)CC=C1c1ccccc1. The van der Waals surface area contributed by atoms with Gasteiger partial charge in [0.15, 0.2) is 11.6 Å². The van der Waals surface area contributed by atoms with Gasteiger partial charge in [-0.2, -0.15) is 0 Å². The molecule has 1 aliphatic rings. The van der Waals surface area contributed by atoms with Gasteiger partial charge in [-0.05, 0) is 108 Å². The van der Waals surface area contributed by atoms with Crippen molar-refractivity contribution in [3.63, 3.8) is 0 Å². The van der Waals surface area contributed by atoms with Crippen LogP contribution < -0.4 is 0 Å². The summed E-state index contributed by atoms with van der Waals surface area (Å²) in [5, 5.41) is 7.24. The lowest BCUT2D eigenvalue weighted by Crippen LogP contribution is -2.08. The Hall–Kier alpha value is -8.60. The number of hydrogen-bond acceptors (Lipinski definition) is 4. The molecule has 2 aromatic heterocycles. The molecule has 1 aliphatic carbocycles. The number of pyridine rings is 1. The third kappa shape index (κ3) is 7.55. The first-order valence-electron chi connectivity index (χ1n) is 22.5. The van der Waals surface area contributed by atoms with Gasteiger partial charge in [0.2, 0.25) is 0 Å². The summed E-state index contributed by atoms with van der Waals surface area (Å²) in [6.07, 6.45) is 9.49. The van der Waals surface area contributed by atoms with Crippen molar-refractivity contribution in [3.8, 4) is 67.4 Å². The van der Waals surface area contributed by atoms with E-state index in [9.17, 15) is 0 Å². The van der Waals surface area contributed by atoms with E-state index in [1.54, 1.807) is 0 Å². The average molecular weight is 843 g/mol. The number of allylic oxidation sites excluding steroid dienone is 4. The molecule has 1 unspecified atom stereocenters.